The minimum atomic E-state index is -0.404. The first kappa shape index (κ1) is 11.2. The largest absolute Gasteiger partial charge is 0.501 e. The van der Waals surface area contributed by atoms with Crippen molar-refractivity contribution >= 4 is 22.7 Å². The number of benzene rings is 1. The normalized spacial score (nSPS) is 11.1. The van der Waals surface area contributed by atoms with Gasteiger partial charge in [0, 0.05) is 23.7 Å². The lowest BCUT2D eigenvalue weighted by atomic mass is 10.1. The van der Waals surface area contributed by atoms with Gasteiger partial charge >= 0.3 is 0 Å². The Morgan fingerprint density at radius 1 is 1.53 bits per heavy atom. The molecule has 2 rings (SSSR count). The number of rotatable bonds is 4. The van der Waals surface area contributed by atoms with E-state index in [9.17, 15) is 10.1 Å². The van der Waals surface area contributed by atoms with Crippen molar-refractivity contribution in [3.8, 4) is 0 Å². The lowest BCUT2D eigenvalue weighted by molar-refractivity contribution is -0.384. The van der Waals surface area contributed by atoms with Gasteiger partial charge in [0.2, 0.25) is 0 Å². The SMILES string of the molecule is CCO/C=C\c1cc([N+](=O)[O-])cc2[nH]ccc12. The van der Waals surface area contributed by atoms with E-state index in [0.717, 1.165) is 16.5 Å². The molecule has 5 heteroatoms. The van der Waals surface area contributed by atoms with Gasteiger partial charge in [-0.1, -0.05) is 0 Å². The minimum absolute atomic E-state index is 0.0658. The summed E-state index contributed by atoms with van der Waals surface area (Å²) in [6.45, 7) is 2.45. The molecule has 17 heavy (non-hydrogen) atoms. The molecule has 0 amide bonds. The topological polar surface area (TPSA) is 68.2 Å². The van der Waals surface area contributed by atoms with Crippen LogP contribution in [0, 0.1) is 10.1 Å². The van der Waals surface area contributed by atoms with Crippen LogP contribution in [0.3, 0.4) is 0 Å². The molecule has 0 aliphatic rings. The summed E-state index contributed by atoms with van der Waals surface area (Å²) in [5.74, 6) is 0. The molecule has 0 unspecified atom stereocenters. The number of nitrogens with one attached hydrogen (secondary N) is 1. The van der Waals surface area contributed by atoms with Crippen LogP contribution >= 0.6 is 0 Å². The molecule has 0 aliphatic heterocycles. The summed E-state index contributed by atoms with van der Waals surface area (Å²) in [5, 5.41) is 11.7. The van der Waals surface area contributed by atoms with Crippen molar-refractivity contribution in [2.24, 2.45) is 0 Å². The average Bonchev–Trinajstić information content (AvgIpc) is 2.77. The summed E-state index contributed by atoms with van der Waals surface area (Å²) in [5.41, 5.74) is 1.58. The number of aromatic amines is 1. The lowest BCUT2D eigenvalue weighted by Gasteiger charge is -1.99. The van der Waals surface area contributed by atoms with E-state index in [1.807, 2.05) is 13.0 Å². The first-order chi connectivity index (χ1) is 8.22. The Bertz CT molecular complexity index is 572. The Kier molecular flexibility index (Phi) is 3.09. The molecule has 0 saturated carbocycles. The Hall–Kier alpha value is -2.30. The Morgan fingerprint density at radius 2 is 2.35 bits per heavy atom. The maximum atomic E-state index is 10.8. The number of hydrogen-bond acceptors (Lipinski definition) is 3. The number of aromatic nitrogens is 1. The van der Waals surface area contributed by atoms with Crippen LogP contribution in [0.5, 0.6) is 0 Å². The Morgan fingerprint density at radius 3 is 3.06 bits per heavy atom. The summed E-state index contributed by atoms with van der Waals surface area (Å²) in [7, 11) is 0. The van der Waals surface area contributed by atoms with Crippen molar-refractivity contribution in [3.05, 3.63) is 46.3 Å². The quantitative estimate of drug-likeness (QED) is 0.500. The van der Waals surface area contributed by atoms with Gasteiger partial charge in [-0.3, -0.25) is 10.1 Å². The molecule has 0 aliphatic carbocycles. The Balaban J connectivity index is 2.50. The third-order valence-electron chi connectivity index (χ3n) is 2.41. The van der Waals surface area contributed by atoms with Crippen molar-refractivity contribution in [1.29, 1.82) is 0 Å². The summed E-state index contributed by atoms with van der Waals surface area (Å²) >= 11 is 0. The predicted molar refractivity (Wildman–Crippen MR) is 65.6 cm³/mol. The zero-order valence-corrected chi connectivity index (χ0v) is 9.34. The third-order valence-corrected chi connectivity index (χ3v) is 2.41. The molecule has 0 spiro atoms. The number of hydrogen-bond donors (Lipinski definition) is 1. The van der Waals surface area contributed by atoms with Gasteiger partial charge in [0.1, 0.15) is 0 Å². The molecule has 0 radical (unpaired) electrons. The molecule has 0 bridgehead atoms. The number of fused-ring (bicyclic) bond motifs is 1. The second-order valence-corrected chi connectivity index (χ2v) is 3.49. The number of non-ortho nitro benzene ring substituents is 1. The molecule has 88 valence electrons. The van der Waals surface area contributed by atoms with Crippen LogP contribution in [0.1, 0.15) is 12.5 Å². The fourth-order valence-corrected chi connectivity index (χ4v) is 1.64. The van der Waals surface area contributed by atoms with Crippen LogP contribution < -0.4 is 0 Å². The second kappa shape index (κ2) is 4.69. The summed E-state index contributed by atoms with van der Waals surface area (Å²) in [4.78, 5) is 13.3. The van der Waals surface area contributed by atoms with E-state index >= 15 is 0 Å². The highest BCUT2D eigenvalue weighted by atomic mass is 16.6. The second-order valence-electron chi connectivity index (χ2n) is 3.49. The number of ether oxygens (including phenoxy) is 1. The van der Waals surface area contributed by atoms with E-state index in [1.54, 1.807) is 18.5 Å². The predicted octanol–water partition coefficient (Wildman–Crippen LogP) is 3.08. The highest BCUT2D eigenvalue weighted by molar-refractivity contribution is 5.90. The minimum Gasteiger partial charge on any atom is -0.501 e. The molecule has 1 aromatic heterocycles. The molecule has 0 fully saturated rings. The maximum absolute atomic E-state index is 10.8. The van der Waals surface area contributed by atoms with Gasteiger partial charge in [-0.15, -0.1) is 0 Å². The smallest absolute Gasteiger partial charge is 0.272 e. The molecular weight excluding hydrogens is 220 g/mol. The lowest BCUT2D eigenvalue weighted by Crippen LogP contribution is -1.89. The van der Waals surface area contributed by atoms with Gasteiger partial charge in [-0.05, 0) is 24.6 Å². The van der Waals surface area contributed by atoms with Crippen molar-refractivity contribution < 1.29 is 9.66 Å². The van der Waals surface area contributed by atoms with Crippen LogP contribution in [0.4, 0.5) is 5.69 Å². The van der Waals surface area contributed by atoms with Gasteiger partial charge in [0.15, 0.2) is 0 Å². The van der Waals surface area contributed by atoms with Crippen molar-refractivity contribution in [2.75, 3.05) is 6.61 Å². The van der Waals surface area contributed by atoms with E-state index in [1.165, 1.54) is 12.1 Å². The van der Waals surface area contributed by atoms with E-state index in [-0.39, 0.29) is 5.69 Å². The van der Waals surface area contributed by atoms with E-state index in [0.29, 0.717) is 6.61 Å². The fraction of sp³-hybridized carbons (Fsp3) is 0.167. The zero-order chi connectivity index (χ0) is 12.3. The number of nitro groups is 1. The van der Waals surface area contributed by atoms with E-state index in [4.69, 9.17) is 4.74 Å². The van der Waals surface area contributed by atoms with Gasteiger partial charge in [0.05, 0.1) is 23.3 Å². The van der Waals surface area contributed by atoms with Crippen LogP contribution in [-0.4, -0.2) is 16.5 Å². The molecular formula is C12H12N2O3. The highest BCUT2D eigenvalue weighted by Crippen LogP contribution is 2.25. The van der Waals surface area contributed by atoms with Crippen LogP contribution in [-0.2, 0) is 4.74 Å². The summed E-state index contributed by atoms with van der Waals surface area (Å²) < 4.78 is 5.10. The molecule has 0 saturated heterocycles. The monoisotopic (exact) mass is 232 g/mol. The molecule has 1 heterocycles. The summed E-state index contributed by atoms with van der Waals surface area (Å²) in [6, 6.07) is 4.93. The first-order valence-electron chi connectivity index (χ1n) is 5.26. The van der Waals surface area contributed by atoms with Crippen LogP contribution in [0.25, 0.3) is 17.0 Å². The van der Waals surface area contributed by atoms with Gasteiger partial charge in [-0.2, -0.15) is 0 Å². The van der Waals surface area contributed by atoms with Gasteiger partial charge < -0.3 is 9.72 Å². The number of nitro benzene ring substituents is 1. The van der Waals surface area contributed by atoms with Gasteiger partial charge in [-0.25, -0.2) is 0 Å². The standard InChI is InChI=1S/C12H12N2O3/c1-2-17-6-4-9-7-10(14(15)16)8-12-11(9)3-5-13-12/h3-8,13H,2H2,1H3/b6-4-. The molecule has 1 aromatic carbocycles. The van der Waals surface area contributed by atoms with Crippen molar-refractivity contribution in [3.63, 3.8) is 0 Å². The molecule has 0 atom stereocenters. The van der Waals surface area contributed by atoms with Crippen LogP contribution in [0.15, 0.2) is 30.7 Å². The number of nitrogens with zero attached hydrogens (tertiary/aromatic N) is 1. The fourth-order valence-electron chi connectivity index (χ4n) is 1.64. The maximum Gasteiger partial charge on any atom is 0.272 e. The molecule has 2 aromatic rings. The third kappa shape index (κ3) is 2.28. The van der Waals surface area contributed by atoms with E-state index < -0.39 is 4.92 Å². The Labute approximate surface area is 97.9 Å². The molecule has 1 N–H and O–H groups in total. The van der Waals surface area contributed by atoms with Gasteiger partial charge in [0.25, 0.3) is 5.69 Å². The van der Waals surface area contributed by atoms with Crippen LogP contribution in [0.2, 0.25) is 0 Å². The zero-order valence-electron chi connectivity index (χ0n) is 9.34. The first-order valence-corrected chi connectivity index (χ1v) is 5.26. The van der Waals surface area contributed by atoms with Crippen molar-refractivity contribution in [2.45, 2.75) is 6.92 Å². The number of H-pyrrole nitrogens is 1. The van der Waals surface area contributed by atoms with E-state index in [2.05, 4.69) is 4.98 Å². The van der Waals surface area contributed by atoms with Crippen molar-refractivity contribution in [1.82, 2.24) is 4.98 Å². The highest BCUT2D eigenvalue weighted by Gasteiger charge is 2.10. The summed E-state index contributed by atoms with van der Waals surface area (Å²) in [6.07, 6.45) is 5.03. The molecule has 5 nitrogen and oxygen atoms in total. The average molecular weight is 232 g/mol.